The Morgan fingerprint density at radius 2 is 1.68 bits per heavy atom. The number of Topliss-reactive ketones (excluding diaryl/α,β-unsaturated/α-hetero) is 1. The van der Waals surface area contributed by atoms with E-state index in [1.807, 2.05) is 12.1 Å². The molecule has 180 valence electrons. The maximum Gasteiger partial charge on any atom is 0.295 e. The first-order valence-electron chi connectivity index (χ1n) is 11.4. The summed E-state index contributed by atoms with van der Waals surface area (Å²) in [6.07, 6.45) is 0.701. The van der Waals surface area contributed by atoms with Crippen LogP contribution in [0, 0.1) is 0 Å². The van der Waals surface area contributed by atoms with Gasteiger partial charge in [0.2, 0.25) is 0 Å². The Morgan fingerprint density at radius 3 is 2.38 bits per heavy atom. The second-order valence-electron chi connectivity index (χ2n) is 8.31. The molecule has 4 rings (SSSR count). The smallest absolute Gasteiger partial charge is 0.295 e. The molecule has 0 aliphatic carbocycles. The number of likely N-dealkylation sites (tertiary alicyclic amines) is 1. The third kappa shape index (κ3) is 4.93. The zero-order valence-electron chi connectivity index (χ0n) is 19.5. The summed E-state index contributed by atoms with van der Waals surface area (Å²) in [6.45, 7) is 4.30. The molecule has 2 heterocycles. The number of carbonyl (C=O) groups excluding carboxylic acids is 2. The number of morpholine rings is 1. The maximum atomic E-state index is 13.2. The van der Waals surface area contributed by atoms with Gasteiger partial charge in [0.15, 0.2) is 0 Å². The van der Waals surface area contributed by atoms with Crippen molar-refractivity contribution in [3.05, 3.63) is 65.2 Å². The number of rotatable bonds is 8. The summed E-state index contributed by atoms with van der Waals surface area (Å²) < 4.78 is 16.0. The molecule has 2 aliphatic rings. The second-order valence-corrected chi connectivity index (χ2v) is 8.31. The minimum atomic E-state index is -0.717. The highest BCUT2D eigenvalue weighted by Crippen LogP contribution is 2.40. The summed E-state index contributed by atoms with van der Waals surface area (Å²) in [6, 6.07) is 13.3. The number of amides is 1. The van der Waals surface area contributed by atoms with Gasteiger partial charge < -0.3 is 24.2 Å². The van der Waals surface area contributed by atoms with Crippen LogP contribution in [-0.4, -0.2) is 80.2 Å². The fraction of sp³-hybridized carbons (Fsp3) is 0.385. The van der Waals surface area contributed by atoms with Gasteiger partial charge in [-0.2, -0.15) is 0 Å². The van der Waals surface area contributed by atoms with Crippen LogP contribution in [0.1, 0.15) is 23.6 Å². The zero-order valence-corrected chi connectivity index (χ0v) is 19.5. The van der Waals surface area contributed by atoms with E-state index in [-0.39, 0.29) is 11.3 Å². The summed E-state index contributed by atoms with van der Waals surface area (Å²) in [5, 5.41) is 11.2. The van der Waals surface area contributed by atoms with Crippen LogP contribution in [0.4, 0.5) is 0 Å². The van der Waals surface area contributed by atoms with Crippen LogP contribution in [-0.2, 0) is 14.3 Å². The molecule has 8 nitrogen and oxygen atoms in total. The third-order valence-electron chi connectivity index (χ3n) is 6.27. The molecule has 2 saturated heterocycles. The van der Waals surface area contributed by atoms with Crippen molar-refractivity contribution in [2.45, 2.75) is 12.5 Å². The first kappa shape index (κ1) is 23.8. The number of ether oxygens (including phenoxy) is 3. The summed E-state index contributed by atoms with van der Waals surface area (Å²) in [5.41, 5.74) is 1.19. The zero-order chi connectivity index (χ0) is 24.1. The standard InChI is InChI=1S/C26H30N2O6/c1-32-20-8-3-6-18(16-20)23-22(24(29)19-7-4-9-21(17-19)33-2)25(30)26(31)28(23)11-5-10-27-12-14-34-15-13-27/h3-4,6-9,16-17,23,29H,5,10-15H2,1-2H3/b24-22+/t23-/m0/s1. The third-order valence-corrected chi connectivity index (χ3v) is 6.27. The van der Waals surface area contributed by atoms with Gasteiger partial charge in [-0.25, -0.2) is 0 Å². The number of aliphatic hydroxyl groups is 1. The lowest BCUT2D eigenvalue weighted by Crippen LogP contribution is -2.38. The molecule has 0 saturated carbocycles. The molecule has 1 amide bonds. The van der Waals surface area contributed by atoms with E-state index in [2.05, 4.69) is 4.90 Å². The van der Waals surface area contributed by atoms with Gasteiger partial charge in [0.25, 0.3) is 11.7 Å². The van der Waals surface area contributed by atoms with Crippen molar-refractivity contribution in [1.82, 2.24) is 9.80 Å². The molecule has 0 radical (unpaired) electrons. The molecule has 2 aromatic rings. The number of benzene rings is 2. The molecule has 2 fully saturated rings. The van der Waals surface area contributed by atoms with E-state index >= 15 is 0 Å². The van der Waals surface area contributed by atoms with Crippen molar-refractivity contribution in [2.75, 3.05) is 53.6 Å². The molecule has 1 N–H and O–H groups in total. The summed E-state index contributed by atoms with van der Waals surface area (Å²) in [4.78, 5) is 30.2. The first-order chi connectivity index (χ1) is 16.5. The second kappa shape index (κ2) is 10.7. The van der Waals surface area contributed by atoms with Gasteiger partial charge in [0.1, 0.15) is 17.3 Å². The molecular weight excluding hydrogens is 436 g/mol. The van der Waals surface area contributed by atoms with E-state index in [0.717, 1.165) is 19.6 Å². The van der Waals surface area contributed by atoms with Crippen LogP contribution in [0.5, 0.6) is 11.5 Å². The van der Waals surface area contributed by atoms with Crippen molar-refractivity contribution in [2.24, 2.45) is 0 Å². The van der Waals surface area contributed by atoms with Crippen molar-refractivity contribution in [3.8, 4) is 11.5 Å². The molecule has 1 atom stereocenters. The Morgan fingerprint density at radius 1 is 1.00 bits per heavy atom. The lowest BCUT2D eigenvalue weighted by Gasteiger charge is -2.29. The number of carbonyl (C=O) groups is 2. The van der Waals surface area contributed by atoms with Crippen LogP contribution < -0.4 is 9.47 Å². The van der Waals surface area contributed by atoms with E-state index in [4.69, 9.17) is 14.2 Å². The van der Waals surface area contributed by atoms with Gasteiger partial charge in [-0.15, -0.1) is 0 Å². The monoisotopic (exact) mass is 466 g/mol. The first-order valence-corrected chi connectivity index (χ1v) is 11.4. The van der Waals surface area contributed by atoms with E-state index in [1.54, 1.807) is 48.4 Å². The number of nitrogens with zero attached hydrogens (tertiary/aromatic N) is 2. The van der Waals surface area contributed by atoms with Crippen molar-refractivity contribution >= 4 is 17.4 Å². The fourth-order valence-corrected chi connectivity index (χ4v) is 4.48. The van der Waals surface area contributed by atoms with Crippen molar-refractivity contribution < 1.29 is 28.9 Å². The Bertz CT molecular complexity index is 1080. The molecule has 0 spiro atoms. The highest BCUT2D eigenvalue weighted by molar-refractivity contribution is 6.46. The molecule has 8 heteroatoms. The highest BCUT2D eigenvalue weighted by atomic mass is 16.5. The Balaban J connectivity index is 1.70. The topological polar surface area (TPSA) is 88.5 Å². The van der Waals surface area contributed by atoms with Crippen LogP contribution in [0.3, 0.4) is 0 Å². The SMILES string of the molecule is COc1cccc(/C(O)=C2\C(=O)C(=O)N(CCCN3CCOCC3)[C@H]2c2cccc(OC)c2)c1. The largest absolute Gasteiger partial charge is 0.507 e. The molecule has 2 aromatic carbocycles. The van der Waals surface area contributed by atoms with Crippen LogP contribution in [0.25, 0.3) is 5.76 Å². The van der Waals surface area contributed by atoms with Gasteiger partial charge in [0.05, 0.1) is 39.0 Å². The highest BCUT2D eigenvalue weighted by Gasteiger charge is 2.46. The van der Waals surface area contributed by atoms with Crippen molar-refractivity contribution in [1.29, 1.82) is 0 Å². The van der Waals surface area contributed by atoms with Gasteiger partial charge >= 0.3 is 0 Å². The number of hydrogen-bond acceptors (Lipinski definition) is 7. The van der Waals surface area contributed by atoms with Gasteiger partial charge in [0, 0.05) is 31.7 Å². The van der Waals surface area contributed by atoms with E-state index in [9.17, 15) is 14.7 Å². The summed E-state index contributed by atoms with van der Waals surface area (Å²) >= 11 is 0. The predicted octanol–water partition coefficient (Wildman–Crippen LogP) is 2.85. The number of hydrogen-bond donors (Lipinski definition) is 1. The minimum Gasteiger partial charge on any atom is -0.507 e. The molecule has 0 unspecified atom stereocenters. The predicted molar refractivity (Wildman–Crippen MR) is 127 cm³/mol. The lowest BCUT2D eigenvalue weighted by atomic mass is 9.95. The van der Waals surface area contributed by atoms with Gasteiger partial charge in [-0.1, -0.05) is 24.3 Å². The molecule has 0 bridgehead atoms. The Kier molecular flexibility index (Phi) is 7.49. The molecule has 2 aliphatic heterocycles. The van der Waals surface area contributed by atoms with E-state index < -0.39 is 17.7 Å². The van der Waals surface area contributed by atoms with Crippen LogP contribution >= 0.6 is 0 Å². The van der Waals surface area contributed by atoms with Gasteiger partial charge in [-0.05, 0) is 36.2 Å². The molecule has 34 heavy (non-hydrogen) atoms. The average molecular weight is 467 g/mol. The minimum absolute atomic E-state index is 0.0675. The van der Waals surface area contributed by atoms with E-state index in [1.165, 1.54) is 7.11 Å². The Hall–Kier alpha value is -3.36. The lowest BCUT2D eigenvalue weighted by molar-refractivity contribution is -0.140. The van der Waals surface area contributed by atoms with E-state index in [0.29, 0.717) is 48.8 Å². The maximum absolute atomic E-state index is 13.2. The summed E-state index contributed by atoms with van der Waals surface area (Å²) in [7, 11) is 3.09. The van der Waals surface area contributed by atoms with Crippen molar-refractivity contribution in [3.63, 3.8) is 0 Å². The fourth-order valence-electron chi connectivity index (χ4n) is 4.48. The normalized spacial score (nSPS) is 20.5. The molecular formula is C26H30N2O6. The summed E-state index contributed by atoms with van der Waals surface area (Å²) in [5.74, 6) is -0.376. The van der Waals surface area contributed by atoms with Crippen LogP contribution in [0.15, 0.2) is 54.1 Å². The quantitative estimate of drug-likeness (QED) is 0.364. The Labute approximate surface area is 199 Å². The number of ketones is 1. The average Bonchev–Trinajstić information content (AvgIpc) is 3.14. The number of methoxy groups -OCH3 is 2. The molecule has 0 aromatic heterocycles. The number of aliphatic hydroxyl groups excluding tert-OH is 1. The van der Waals surface area contributed by atoms with Gasteiger partial charge in [-0.3, -0.25) is 14.5 Å². The van der Waals surface area contributed by atoms with Crippen LogP contribution in [0.2, 0.25) is 0 Å².